The first-order chi connectivity index (χ1) is 11.2. The molecule has 120 valence electrons. The van der Waals surface area contributed by atoms with Gasteiger partial charge in [-0.15, -0.1) is 0 Å². The number of aryl methyl sites for hydroxylation is 2. The van der Waals surface area contributed by atoms with E-state index in [9.17, 15) is 4.79 Å². The van der Waals surface area contributed by atoms with Gasteiger partial charge in [-0.3, -0.25) is 4.79 Å². The summed E-state index contributed by atoms with van der Waals surface area (Å²) in [5.74, 6) is 1.42. The molecule has 5 nitrogen and oxygen atoms in total. The fraction of sp³-hybridized carbons (Fsp3) is 0.500. The zero-order valence-electron chi connectivity index (χ0n) is 13.2. The summed E-state index contributed by atoms with van der Waals surface area (Å²) in [5.41, 5.74) is 3.52. The Bertz CT molecular complexity index is 734. The molecule has 1 fully saturated rings. The smallest absolute Gasteiger partial charge is 0.306 e. The third-order valence-corrected chi connectivity index (χ3v) is 4.89. The first-order valence-corrected chi connectivity index (χ1v) is 8.32. The molecule has 0 aliphatic heterocycles. The largest absolute Gasteiger partial charge is 0.462 e. The molecular formula is C18H20N2O3. The maximum Gasteiger partial charge on any atom is 0.306 e. The van der Waals surface area contributed by atoms with Crippen molar-refractivity contribution in [3.8, 4) is 11.4 Å². The monoisotopic (exact) mass is 312 g/mol. The summed E-state index contributed by atoms with van der Waals surface area (Å²) < 4.78 is 10.5. The molecule has 0 saturated heterocycles. The van der Waals surface area contributed by atoms with Gasteiger partial charge in [-0.1, -0.05) is 17.3 Å². The number of hydrogen-bond acceptors (Lipinski definition) is 5. The molecule has 1 aromatic heterocycles. The number of ether oxygens (including phenoxy) is 1. The predicted molar refractivity (Wildman–Crippen MR) is 83.9 cm³/mol. The molecule has 2 aromatic rings. The maximum atomic E-state index is 12.0. The fourth-order valence-electron chi connectivity index (χ4n) is 3.40. The Labute approximate surface area is 135 Å². The van der Waals surface area contributed by atoms with Crippen molar-refractivity contribution in [1.29, 1.82) is 0 Å². The van der Waals surface area contributed by atoms with Crippen molar-refractivity contribution in [1.82, 2.24) is 10.1 Å². The minimum atomic E-state index is -0.0505. The Hall–Kier alpha value is -2.17. The molecule has 2 aliphatic rings. The standard InChI is InChI=1S/C18H20N2O3/c1-11-19-18(20-23-11)14-7-8-16-12(9-14)5-6-13(16)10-17(21)22-15-3-2-4-15/h7-9,13,15H,2-6,10H2,1H3/t13-/m0/s1. The van der Waals surface area contributed by atoms with Gasteiger partial charge in [0.2, 0.25) is 11.7 Å². The molecule has 5 heteroatoms. The number of esters is 1. The van der Waals surface area contributed by atoms with Crippen LogP contribution in [0.1, 0.15) is 55.0 Å². The summed E-state index contributed by atoms with van der Waals surface area (Å²) in [6.45, 7) is 1.79. The number of hydrogen-bond donors (Lipinski definition) is 0. The second kappa shape index (κ2) is 5.80. The number of benzene rings is 1. The van der Waals surface area contributed by atoms with Crippen LogP contribution in [0.4, 0.5) is 0 Å². The van der Waals surface area contributed by atoms with Crippen molar-refractivity contribution >= 4 is 5.97 Å². The second-order valence-electron chi connectivity index (χ2n) is 6.53. The first kappa shape index (κ1) is 14.4. The minimum absolute atomic E-state index is 0.0505. The number of aromatic nitrogens is 2. The van der Waals surface area contributed by atoms with E-state index in [1.165, 1.54) is 17.5 Å². The van der Waals surface area contributed by atoms with E-state index < -0.39 is 0 Å². The molecule has 0 unspecified atom stereocenters. The Kier molecular flexibility index (Phi) is 3.63. The first-order valence-electron chi connectivity index (χ1n) is 8.32. The Balaban J connectivity index is 1.47. The zero-order chi connectivity index (χ0) is 15.8. The molecule has 1 aromatic carbocycles. The SMILES string of the molecule is Cc1nc(-c2ccc3c(c2)CC[C@H]3CC(=O)OC2CCC2)no1. The number of carbonyl (C=O) groups is 1. The van der Waals surface area contributed by atoms with Crippen molar-refractivity contribution < 1.29 is 14.1 Å². The molecule has 2 aliphatic carbocycles. The van der Waals surface area contributed by atoms with Crippen molar-refractivity contribution in [2.24, 2.45) is 0 Å². The van der Waals surface area contributed by atoms with Crippen molar-refractivity contribution in [3.63, 3.8) is 0 Å². The van der Waals surface area contributed by atoms with E-state index >= 15 is 0 Å². The summed E-state index contributed by atoms with van der Waals surface area (Å²) in [4.78, 5) is 16.3. The molecule has 0 bridgehead atoms. The van der Waals surface area contributed by atoms with Crippen LogP contribution >= 0.6 is 0 Å². The highest BCUT2D eigenvalue weighted by molar-refractivity contribution is 5.71. The summed E-state index contributed by atoms with van der Waals surface area (Å²) in [6, 6.07) is 6.24. The molecule has 1 heterocycles. The molecule has 23 heavy (non-hydrogen) atoms. The van der Waals surface area contributed by atoms with Crippen LogP contribution in [0.25, 0.3) is 11.4 Å². The summed E-state index contributed by atoms with van der Waals surface area (Å²) in [7, 11) is 0. The number of rotatable bonds is 4. The van der Waals surface area contributed by atoms with Crippen LogP contribution in [-0.2, 0) is 16.0 Å². The lowest BCUT2D eigenvalue weighted by Gasteiger charge is -2.25. The normalized spacial score (nSPS) is 20.1. The van der Waals surface area contributed by atoms with Crippen LogP contribution in [0.5, 0.6) is 0 Å². The van der Waals surface area contributed by atoms with Gasteiger partial charge in [-0.05, 0) is 55.2 Å². The Morgan fingerprint density at radius 2 is 2.22 bits per heavy atom. The Morgan fingerprint density at radius 3 is 2.91 bits per heavy atom. The zero-order valence-corrected chi connectivity index (χ0v) is 13.2. The van der Waals surface area contributed by atoms with Crippen LogP contribution in [0.3, 0.4) is 0 Å². The average Bonchev–Trinajstić information content (AvgIpc) is 3.09. The van der Waals surface area contributed by atoms with Crippen molar-refractivity contribution in [2.75, 3.05) is 0 Å². The molecule has 1 atom stereocenters. The van der Waals surface area contributed by atoms with Gasteiger partial charge in [0.25, 0.3) is 0 Å². The highest BCUT2D eigenvalue weighted by atomic mass is 16.5. The van der Waals surface area contributed by atoms with Crippen molar-refractivity contribution in [3.05, 3.63) is 35.2 Å². The quantitative estimate of drug-likeness (QED) is 0.808. The van der Waals surface area contributed by atoms with Gasteiger partial charge in [0.15, 0.2) is 0 Å². The molecular weight excluding hydrogens is 292 g/mol. The lowest BCUT2D eigenvalue weighted by atomic mass is 9.95. The third kappa shape index (κ3) is 2.87. The minimum Gasteiger partial charge on any atom is -0.462 e. The van der Waals surface area contributed by atoms with Gasteiger partial charge in [0.05, 0.1) is 6.42 Å². The van der Waals surface area contributed by atoms with E-state index in [4.69, 9.17) is 9.26 Å². The molecule has 0 amide bonds. The topological polar surface area (TPSA) is 65.2 Å². The summed E-state index contributed by atoms with van der Waals surface area (Å²) in [5, 5.41) is 3.97. The maximum absolute atomic E-state index is 12.0. The fourth-order valence-corrected chi connectivity index (χ4v) is 3.40. The van der Waals surface area contributed by atoms with Gasteiger partial charge in [-0.25, -0.2) is 0 Å². The van der Waals surface area contributed by atoms with E-state index in [-0.39, 0.29) is 18.0 Å². The molecule has 4 rings (SSSR count). The van der Waals surface area contributed by atoms with E-state index in [0.717, 1.165) is 31.2 Å². The van der Waals surface area contributed by atoms with Crippen LogP contribution in [0, 0.1) is 6.92 Å². The molecule has 0 spiro atoms. The van der Waals surface area contributed by atoms with Crippen molar-refractivity contribution in [2.45, 2.75) is 57.5 Å². The third-order valence-electron chi connectivity index (χ3n) is 4.89. The number of fused-ring (bicyclic) bond motifs is 1. The van der Waals surface area contributed by atoms with Gasteiger partial charge >= 0.3 is 5.97 Å². The molecule has 0 radical (unpaired) electrons. The lowest BCUT2D eigenvalue weighted by molar-refractivity contribution is -0.153. The van der Waals surface area contributed by atoms with Crippen LogP contribution in [0.2, 0.25) is 0 Å². The van der Waals surface area contributed by atoms with Gasteiger partial charge in [0.1, 0.15) is 6.10 Å². The van der Waals surface area contributed by atoms with Crippen LogP contribution in [-0.4, -0.2) is 22.2 Å². The van der Waals surface area contributed by atoms with Gasteiger partial charge in [0, 0.05) is 12.5 Å². The lowest BCUT2D eigenvalue weighted by Crippen LogP contribution is -2.25. The van der Waals surface area contributed by atoms with E-state index in [2.05, 4.69) is 22.3 Å². The number of nitrogens with zero attached hydrogens (tertiary/aromatic N) is 2. The van der Waals surface area contributed by atoms with Crippen LogP contribution in [0.15, 0.2) is 22.7 Å². The summed E-state index contributed by atoms with van der Waals surface area (Å²) >= 11 is 0. The van der Waals surface area contributed by atoms with E-state index in [1.54, 1.807) is 6.92 Å². The summed E-state index contributed by atoms with van der Waals surface area (Å²) in [6.07, 6.45) is 5.89. The van der Waals surface area contributed by atoms with E-state index in [0.29, 0.717) is 18.1 Å². The highest BCUT2D eigenvalue weighted by Gasteiger charge is 2.28. The highest BCUT2D eigenvalue weighted by Crippen LogP contribution is 2.38. The van der Waals surface area contributed by atoms with E-state index in [1.807, 2.05) is 6.07 Å². The van der Waals surface area contributed by atoms with Gasteiger partial charge < -0.3 is 9.26 Å². The van der Waals surface area contributed by atoms with Gasteiger partial charge in [-0.2, -0.15) is 4.98 Å². The number of carbonyl (C=O) groups excluding carboxylic acids is 1. The molecule has 0 N–H and O–H groups in total. The van der Waals surface area contributed by atoms with Crippen LogP contribution < -0.4 is 0 Å². The Morgan fingerprint density at radius 1 is 1.35 bits per heavy atom. The second-order valence-corrected chi connectivity index (χ2v) is 6.53. The average molecular weight is 312 g/mol. The molecule has 1 saturated carbocycles. The predicted octanol–water partition coefficient (Wildman–Crippen LogP) is 3.56.